The Kier molecular flexibility index (Phi) is 2.97. The van der Waals surface area contributed by atoms with Gasteiger partial charge in [0.05, 0.1) is 11.4 Å². The second-order valence-electron chi connectivity index (χ2n) is 5.16. The molecule has 0 saturated heterocycles. The van der Waals surface area contributed by atoms with Gasteiger partial charge >= 0.3 is 0 Å². The van der Waals surface area contributed by atoms with Crippen LogP contribution in [0.25, 0.3) is 16.9 Å². The van der Waals surface area contributed by atoms with Gasteiger partial charge in [-0.1, -0.05) is 31.2 Å². The van der Waals surface area contributed by atoms with Crippen LogP contribution in [0.3, 0.4) is 0 Å². The molecule has 2 N–H and O–H groups in total. The number of aryl methyl sites for hydroxylation is 3. The molecule has 0 amide bonds. The average Bonchev–Trinajstić information content (AvgIpc) is 2.81. The van der Waals surface area contributed by atoms with Crippen molar-refractivity contribution in [2.24, 2.45) is 0 Å². The van der Waals surface area contributed by atoms with Crippen molar-refractivity contribution in [3.05, 3.63) is 53.3 Å². The summed E-state index contributed by atoms with van der Waals surface area (Å²) in [7, 11) is 0. The Balaban J connectivity index is 2.21. The van der Waals surface area contributed by atoms with Crippen LogP contribution in [0.2, 0.25) is 0 Å². The predicted octanol–water partition coefficient (Wildman–Crippen LogP) is 3.76. The molecule has 3 heteroatoms. The maximum atomic E-state index is 5.99. The number of pyridine rings is 1. The van der Waals surface area contributed by atoms with Crippen LogP contribution in [0.1, 0.15) is 23.9 Å². The Morgan fingerprint density at radius 2 is 1.70 bits per heavy atom. The highest BCUT2D eigenvalue weighted by Gasteiger charge is 2.12. The Morgan fingerprint density at radius 3 is 2.35 bits per heavy atom. The molecule has 2 heterocycles. The molecule has 0 unspecified atom stereocenters. The molecule has 102 valence electrons. The van der Waals surface area contributed by atoms with Crippen molar-refractivity contribution < 1.29 is 0 Å². The molecule has 0 spiro atoms. The van der Waals surface area contributed by atoms with Crippen LogP contribution in [0.5, 0.6) is 0 Å². The number of rotatable bonds is 2. The average molecular weight is 265 g/mol. The number of nitrogens with zero attached hydrogens (tertiary/aromatic N) is 2. The fraction of sp³-hybridized carbons (Fsp3) is 0.235. The van der Waals surface area contributed by atoms with Crippen molar-refractivity contribution in [3.63, 3.8) is 0 Å². The smallest absolute Gasteiger partial charge is 0.138 e. The summed E-state index contributed by atoms with van der Waals surface area (Å²) >= 11 is 0. The summed E-state index contributed by atoms with van der Waals surface area (Å²) in [6, 6.07) is 12.5. The zero-order valence-corrected chi connectivity index (χ0v) is 12.1. The molecule has 1 aromatic carbocycles. The number of hydrogen-bond acceptors (Lipinski definition) is 2. The van der Waals surface area contributed by atoms with E-state index < -0.39 is 0 Å². The van der Waals surface area contributed by atoms with Crippen LogP contribution in [-0.4, -0.2) is 9.38 Å². The van der Waals surface area contributed by atoms with E-state index in [1.807, 2.05) is 19.1 Å². The third-order valence-corrected chi connectivity index (χ3v) is 3.93. The molecule has 0 atom stereocenters. The van der Waals surface area contributed by atoms with E-state index in [1.54, 1.807) is 0 Å². The van der Waals surface area contributed by atoms with Crippen LogP contribution in [-0.2, 0) is 6.42 Å². The number of aromatic nitrogens is 2. The number of anilines is 1. The van der Waals surface area contributed by atoms with Crippen molar-refractivity contribution >= 4 is 11.3 Å². The second-order valence-corrected chi connectivity index (χ2v) is 5.16. The first-order chi connectivity index (χ1) is 9.61. The summed E-state index contributed by atoms with van der Waals surface area (Å²) in [6.07, 6.45) is 1.06. The Morgan fingerprint density at radius 1 is 1.00 bits per heavy atom. The minimum absolute atomic E-state index is 0.797. The van der Waals surface area contributed by atoms with E-state index in [4.69, 9.17) is 10.7 Å². The highest BCUT2D eigenvalue weighted by Crippen LogP contribution is 2.26. The van der Waals surface area contributed by atoms with Gasteiger partial charge in [0, 0.05) is 17.0 Å². The molecule has 0 aliphatic carbocycles. The van der Waals surface area contributed by atoms with Gasteiger partial charge in [-0.2, -0.15) is 0 Å². The predicted molar refractivity (Wildman–Crippen MR) is 83.9 cm³/mol. The molecule has 0 aliphatic rings. The molecule has 0 saturated carbocycles. The van der Waals surface area contributed by atoms with Gasteiger partial charge < -0.3 is 5.73 Å². The van der Waals surface area contributed by atoms with Crippen molar-refractivity contribution in [1.82, 2.24) is 9.38 Å². The highest BCUT2D eigenvalue weighted by molar-refractivity contribution is 5.68. The Hall–Kier alpha value is -2.29. The van der Waals surface area contributed by atoms with Crippen molar-refractivity contribution in [2.75, 3.05) is 5.73 Å². The molecule has 0 radical (unpaired) electrons. The zero-order valence-electron chi connectivity index (χ0n) is 12.1. The number of fused-ring (bicyclic) bond motifs is 1. The summed E-state index contributed by atoms with van der Waals surface area (Å²) < 4.78 is 2.12. The van der Waals surface area contributed by atoms with Gasteiger partial charge in [0.2, 0.25) is 0 Å². The quantitative estimate of drug-likeness (QED) is 0.766. The van der Waals surface area contributed by atoms with Crippen LogP contribution < -0.4 is 5.73 Å². The lowest BCUT2D eigenvalue weighted by atomic mass is 10.1. The van der Waals surface area contributed by atoms with Crippen LogP contribution in [0, 0.1) is 13.8 Å². The topological polar surface area (TPSA) is 43.3 Å². The van der Waals surface area contributed by atoms with Crippen LogP contribution in [0.15, 0.2) is 36.4 Å². The number of nitrogen functional groups attached to an aromatic ring is 1. The summed E-state index contributed by atoms with van der Waals surface area (Å²) in [5.41, 5.74) is 13.4. The second kappa shape index (κ2) is 4.67. The summed E-state index contributed by atoms with van der Waals surface area (Å²) in [5.74, 6) is 0. The summed E-state index contributed by atoms with van der Waals surface area (Å²) in [6.45, 7) is 6.29. The van der Waals surface area contributed by atoms with E-state index >= 15 is 0 Å². The first-order valence-electron chi connectivity index (χ1n) is 6.95. The lowest BCUT2D eigenvalue weighted by molar-refractivity contribution is 1.04. The van der Waals surface area contributed by atoms with Crippen molar-refractivity contribution in [1.29, 1.82) is 0 Å². The van der Waals surface area contributed by atoms with Crippen molar-refractivity contribution in [3.8, 4) is 11.3 Å². The number of imidazole rings is 1. The number of hydrogen-bond donors (Lipinski definition) is 1. The van der Waals surface area contributed by atoms with Gasteiger partial charge in [0.15, 0.2) is 0 Å². The Bertz CT molecular complexity index is 767. The van der Waals surface area contributed by atoms with Crippen LogP contribution in [0.4, 0.5) is 5.69 Å². The van der Waals surface area contributed by atoms with Gasteiger partial charge in [-0.05, 0) is 38.0 Å². The van der Waals surface area contributed by atoms with E-state index in [2.05, 4.69) is 42.5 Å². The normalized spacial score (nSPS) is 11.2. The highest BCUT2D eigenvalue weighted by atomic mass is 15.0. The van der Waals surface area contributed by atoms with Gasteiger partial charge in [0.1, 0.15) is 5.65 Å². The minimum Gasteiger partial charge on any atom is -0.397 e. The lowest BCUT2D eigenvalue weighted by Crippen LogP contribution is -1.99. The van der Waals surface area contributed by atoms with Gasteiger partial charge in [-0.3, -0.25) is 4.40 Å². The molecule has 0 aliphatic heterocycles. The van der Waals surface area contributed by atoms with Crippen LogP contribution >= 0.6 is 0 Å². The molecule has 3 nitrogen and oxygen atoms in total. The monoisotopic (exact) mass is 265 g/mol. The summed E-state index contributed by atoms with van der Waals surface area (Å²) in [5, 5.41) is 0. The fourth-order valence-electron chi connectivity index (χ4n) is 2.64. The first kappa shape index (κ1) is 12.7. The molecule has 3 aromatic rings. The van der Waals surface area contributed by atoms with Gasteiger partial charge in [0.25, 0.3) is 0 Å². The molecule has 0 fully saturated rings. The fourth-order valence-corrected chi connectivity index (χ4v) is 2.64. The molecule has 20 heavy (non-hydrogen) atoms. The number of benzene rings is 1. The number of nitrogens with two attached hydrogens (primary N) is 1. The standard InChI is InChI=1S/C17H19N3/c1-4-13-5-7-14(8-6-13)17-12(3)20-11(2)15(18)9-10-16(20)19-17/h5-10H,4,18H2,1-3H3. The SMILES string of the molecule is CCc1ccc(-c2nc3ccc(N)c(C)n3c2C)cc1. The molecular formula is C17H19N3. The van der Waals surface area contributed by atoms with E-state index in [-0.39, 0.29) is 0 Å². The lowest BCUT2D eigenvalue weighted by Gasteiger charge is -2.05. The van der Waals surface area contributed by atoms with E-state index in [0.29, 0.717) is 0 Å². The summed E-state index contributed by atoms with van der Waals surface area (Å²) in [4.78, 5) is 4.75. The zero-order chi connectivity index (χ0) is 14.3. The molecule has 2 aromatic heterocycles. The largest absolute Gasteiger partial charge is 0.397 e. The Labute approximate surface area is 119 Å². The molecule has 0 bridgehead atoms. The van der Waals surface area contributed by atoms with Gasteiger partial charge in [-0.15, -0.1) is 0 Å². The van der Waals surface area contributed by atoms with E-state index in [1.165, 1.54) is 5.56 Å². The third-order valence-electron chi connectivity index (χ3n) is 3.93. The molecular weight excluding hydrogens is 246 g/mol. The maximum absolute atomic E-state index is 5.99. The maximum Gasteiger partial charge on any atom is 0.138 e. The van der Waals surface area contributed by atoms with E-state index in [0.717, 1.165) is 40.4 Å². The minimum atomic E-state index is 0.797. The van der Waals surface area contributed by atoms with Gasteiger partial charge in [-0.25, -0.2) is 4.98 Å². The van der Waals surface area contributed by atoms with E-state index in [9.17, 15) is 0 Å². The molecule has 3 rings (SSSR count). The van der Waals surface area contributed by atoms with Crippen molar-refractivity contribution in [2.45, 2.75) is 27.2 Å². The third kappa shape index (κ3) is 1.86. The first-order valence-corrected chi connectivity index (χ1v) is 6.95.